The molecule has 0 aliphatic heterocycles. The summed E-state index contributed by atoms with van der Waals surface area (Å²) in [5, 5.41) is 2.33. The molecule has 0 atom stereocenters. The Kier molecular flexibility index (Phi) is 3.92. The van der Waals surface area contributed by atoms with E-state index in [1.807, 2.05) is 60.7 Å². The van der Waals surface area contributed by atoms with Crippen LogP contribution in [-0.4, -0.2) is 5.78 Å². The van der Waals surface area contributed by atoms with Gasteiger partial charge in [0.25, 0.3) is 0 Å². The first-order valence-corrected chi connectivity index (χ1v) is 7.05. The van der Waals surface area contributed by atoms with E-state index in [2.05, 4.69) is 18.2 Å². The molecule has 0 heterocycles. The molecule has 1 heteroatoms. The molecule has 0 radical (unpaired) electrons. The second-order valence-electron chi connectivity index (χ2n) is 5.03. The van der Waals surface area contributed by atoms with Gasteiger partial charge in [-0.15, -0.1) is 0 Å². The molecule has 0 bridgehead atoms. The van der Waals surface area contributed by atoms with Crippen LogP contribution >= 0.6 is 0 Å². The molecule has 0 amide bonds. The summed E-state index contributed by atoms with van der Waals surface area (Å²) in [4.78, 5) is 12.1. The van der Waals surface area contributed by atoms with Gasteiger partial charge in [0.05, 0.1) is 0 Å². The van der Waals surface area contributed by atoms with Crippen LogP contribution in [0.2, 0.25) is 0 Å². The first kappa shape index (κ1) is 13.3. The SMILES string of the molecule is O=C(/C=C/c1ccccc1)Cc1cccc2ccccc12. The van der Waals surface area contributed by atoms with E-state index >= 15 is 0 Å². The van der Waals surface area contributed by atoms with Gasteiger partial charge in [0.15, 0.2) is 5.78 Å². The zero-order valence-corrected chi connectivity index (χ0v) is 11.7. The lowest BCUT2D eigenvalue weighted by molar-refractivity contribution is -0.113. The standard InChI is InChI=1S/C20H16O/c21-19(14-13-16-7-2-1-3-8-16)15-18-11-6-10-17-9-4-5-12-20(17)18/h1-14H,15H2/b14-13+. The Morgan fingerprint density at radius 2 is 1.52 bits per heavy atom. The van der Waals surface area contributed by atoms with Gasteiger partial charge in [-0.1, -0.05) is 78.9 Å². The summed E-state index contributed by atoms with van der Waals surface area (Å²) in [5.74, 6) is 0.121. The average molecular weight is 272 g/mol. The minimum Gasteiger partial charge on any atom is -0.294 e. The largest absolute Gasteiger partial charge is 0.294 e. The fourth-order valence-corrected chi connectivity index (χ4v) is 2.45. The summed E-state index contributed by atoms with van der Waals surface area (Å²) < 4.78 is 0. The highest BCUT2D eigenvalue weighted by molar-refractivity contribution is 5.98. The predicted molar refractivity (Wildman–Crippen MR) is 88.1 cm³/mol. The van der Waals surface area contributed by atoms with Gasteiger partial charge in [-0.25, -0.2) is 0 Å². The van der Waals surface area contributed by atoms with E-state index in [9.17, 15) is 4.79 Å². The van der Waals surface area contributed by atoms with Crippen molar-refractivity contribution in [3.8, 4) is 0 Å². The van der Waals surface area contributed by atoms with Crippen molar-refractivity contribution < 1.29 is 4.79 Å². The molecule has 3 aromatic carbocycles. The van der Waals surface area contributed by atoms with E-state index < -0.39 is 0 Å². The number of rotatable bonds is 4. The van der Waals surface area contributed by atoms with Gasteiger partial charge in [0.2, 0.25) is 0 Å². The molecule has 0 unspecified atom stereocenters. The molecule has 0 saturated carbocycles. The third-order valence-electron chi connectivity index (χ3n) is 3.51. The van der Waals surface area contributed by atoms with Gasteiger partial charge < -0.3 is 0 Å². The van der Waals surface area contributed by atoms with E-state index in [-0.39, 0.29) is 5.78 Å². The van der Waals surface area contributed by atoms with Crippen LogP contribution in [0.3, 0.4) is 0 Å². The van der Waals surface area contributed by atoms with Gasteiger partial charge in [-0.3, -0.25) is 4.79 Å². The summed E-state index contributed by atoms with van der Waals surface area (Å²) in [5.41, 5.74) is 2.12. The zero-order valence-electron chi connectivity index (χ0n) is 11.7. The van der Waals surface area contributed by atoms with E-state index in [4.69, 9.17) is 0 Å². The Morgan fingerprint density at radius 3 is 2.38 bits per heavy atom. The van der Waals surface area contributed by atoms with Gasteiger partial charge in [0.1, 0.15) is 0 Å². The molecule has 0 aliphatic rings. The number of allylic oxidation sites excluding steroid dienone is 1. The van der Waals surface area contributed by atoms with E-state index in [1.54, 1.807) is 6.08 Å². The smallest absolute Gasteiger partial charge is 0.160 e. The van der Waals surface area contributed by atoms with Crippen molar-refractivity contribution >= 4 is 22.6 Å². The second-order valence-corrected chi connectivity index (χ2v) is 5.03. The van der Waals surface area contributed by atoms with Crippen molar-refractivity contribution in [1.82, 2.24) is 0 Å². The van der Waals surface area contributed by atoms with Crippen molar-refractivity contribution in [2.75, 3.05) is 0 Å². The molecule has 0 aliphatic carbocycles. The average Bonchev–Trinajstić information content (AvgIpc) is 2.54. The monoisotopic (exact) mass is 272 g/mol. The number of fused-ring (bicyclic) bond motifs is 1. The maximum absolute atomic E-state index is 12.1. The first-order chi connectivity index (χ1) is 10.3. The molecule has 21 heavy (non-hydrogen) atoms. The number of benzene rings is 3. The molecular weight excluding hydrogens is 256 g/mol. The zero-order chi connectivity index (χ0) is 14.5. The molecule has 0 N–H and O–H groups in total. The number of hydrogen-bond acceptors (Lipinski definition) is 1. The molecule has 102 valence electrons. The maximum atomic E-state index is 12.1. The number of carbonyl (C=O) groups is 1. The van der Waals surface area contributed by atoms with Gasteiger partial charge in [-0.2, -0.15) is 0 Å². The minimum atomic E-state index is 0.121. The Morgan fingerprint density at radius 1 is 0.810 bits per heavy atom. The molecule has 0 saturated heterocycles. The summed E-state index contributed by atoms with van der Waals surface area (Å²) in [7, 11) is 0. The lowest BCUT2D eigenvalue weighted by Gasteiger charge is -2.04. The highest BCUT2D eigenvalue weighted by Gasteiger charge is 2.04. The fourth-order valence-electron chi connectivity index (χ4n) is 2.45. The highest BCUT2D eigenvalue weighted by Crippen LogP contribution is 2.19. The second kappa shape index (κ2) is 6.19. The van der Waals surface area contributed by atoms with Crippen molar-refractivity contribution in [3.63, 3.8) is 0 Å². The lowest BCUT2D eigenvalue weighted by Crippen LogP contribution is -1.99. The van der Waals surface area contributed by atoms with E-state index in [0.717, 1.165) is 16.5 Å². The third-order valence-corrected chi connectivity index (χ3v) is 3.51. The summed E-state index contributed by atoms with van der Waals surface area (Å²) in [6.45, 7) is 0. The summed E-state index contributed by atoms with van der Waals surface area (Å²) >= 11 is 0. The number of hydrogen-bond donors (Lipinski definition) is 0. The Hall–Kier alpha value is -2.67. The lowest BCUT2D eigenvalue weighted by atomic mass is 10.00. The molecule has 1 nitrogen and oxygen atoms in total. The van der Waals surface area contributed by atoms with Crippen LogP contribution in [0, 0.1) is 0 Å². The Balaban J connectivity index is 1.79. The van der Waals surface area contributed by atoms with Crippen LogP contribution in [-0.2, 0) is 11.2 Å². The van der Waals surface area contributed by atoms with Crippen molar-refractivity contribution in [2.24, 2.45) is 0 Å². The number of carbonyl (C=O) groups excluding carboxylic acids is 1. The van der Waals surface area contributed by atoms with E-state index in [0.29, 0.717) is 6.42 Å². The van der Waals surface area contributed by atoms with Crippen LogP contribution in [0.25, 0.3) is 16.8 Å². The highest BCUT2D eigenvalue weighted by atomic mass is 16.1. The molecule has 3 aromatic rings. The van der Waals surface area contributed by atoms with Gasteiger partial charge >= 0.3 is 0 Å². The first-order valence-electron chi connectivity index (χ1n) is 7.05. The Labute approximate surface area is 124 Å². The van der Waals surface area contributed by atoms with Gasteiger partial charge in [-0.05, 0) is 28.0 Å². The number of ketones is 1. The maximum Gasteiger partial charge on any atom is 0.160 e. The normalized spacial score (nSPS) is 11.0. The molecule has 0 fully saturated rings. The third kappa shape index (κ3) is 3.26. The molecule has 3 rings (SSSR count). The van der Waals surface area contributed by atoms with Crippen LogP contribution in [0.15, 0.2) is 78.9 Å². The molecule has 0 spiro atoms. The molecule has 0 aromatic heterocycles. The van der Waals surface area contributed by atoms with Crippen LogP contribution in [0.5, 0.6) is 0 Å². The minimum absolute atomic E-state index is 0.121. The van der Waals surface area contributed by atoms with Crippen molar-refractivity contribution in [2.45, 2.75) is 6.42 Å². The molecular formula is C20H16O. The van der Waals surface area contributed by atoms with Crippen molar-refractivity contribution in [1.29, 1.82) is 0 Å². The fraction of sp³-hybridized carbons (Fsp3) is 0.0500. The summed E-state index contributed by atoms with van der Waals surface area (Å²) in [6, 6.07) is 24.1. The predicted octanol–water partition coefficient (Wildman–Crippen LogP) is 4.66. The summed E-state index contributed by atoms with van der Waals surface area (Å²) in [6.07, 6.45) is 3.97. The van der Waals surface area contributed by atoms with Crippen molar-refractivity contribution in [3.05, 3.63) is 90.0 Å². The Bertz CT molecular complexity index is 780. The van der Waals surface area contributed by atoms with E-state index in [1.165, 1.54) is 5.39 Å². The van der Waals surface area contributed by atoms with Gasteiger partial charge in [0, 0.05) is 6.42 Å². The quantitative estimate of drug-likeness (QED) is 0.631. The van der Waals surface area contributed by atoms with Crippen LogP contribution in [0.4, 0.5) is 0 Å². The van der Waals surface area contributed by atoms with Crippen LogP contribution in [0.1, 0.15) is 11.1 Å². The topological polar surface area (TPSA) is 17.1 Å². The van der Waals surface area contributed by atoms with Crippen LogP contribution < -0.4 is 0 Å².